The zero-order chi connectivity index (χ0) is 15.5. The van der Waals surface area contributed by atoms with E-state index in [9.17, 15) is 0 Å². The van der Waals surface area contributed by atoms with E-state index in [1.165, 1.54) is 64.7 Å². The first-order valence-electron chi connectivity index (χ1n) is 9.35. The molecule has 0 aromatic rings. The van der Waals surface area contributed by atoms with Crippen LogP contribution in [0.1, 0.15) is 73.1 Å². The Kier molecular flexibility index (Phi) is 6.14. The minimum Gasteiger partial charge on any atom is -0.301 e. The molecule has 0 aromatic carbocycles. The van der Waals surface area contributed by atoms with Gasteiger partial charge in [-0.05, 0) is 96.8 Å². The third-order valence-corrected chi connectivity index (χ3v) is 6.15. The zero-order valence-corrected chi connectivity index (χ0v) is 15.2. The van der Waals surface area contributed by atoms with Gasteiger partial charge in [0.15, 0.2) is 0 Å². The van der Waals surface area contributed by atoms with E-state index in [2.05, 4.69) is 44.4 Å². The van der Waals surface area contributed by atoms with Crippen molar-refractivity contribution < 1.29 is 0 Å². The lowest BCUT2D eigenvalue weighted by molar-refractivity contribution is 0.0884. The summed E-state index contributed by atoms with van der Waals surface area (Å²) in [6, 6.07) is 1.53. The Bertz CT molecular complexity index is 293. The lowest BCUT2D eigenvalue weighted by atomic mass is 9.82. The van der Waals surface area contributed by atoms with E-state index in [0.717, 1.165) is 18.0 Å². The van der Waals surface area contributed by atoms with Crippen LogP contribution in [0.15, 0.2) is 0 Å². The van der Waals surface area contributed by atoms with E-state index in [1.807, 2.05) is 0 Å². The minimum atomic E-state index is 0.583. The lowest BCUT2D eigenvalue weighted by Gasteiger charge is -2.40. The summed E-state index contributed by atoms with van der Waals surface area (Å²) in [6.45, 7) is 17.3. The number of hydrogen-bond donors (Lipinski definition) is 0. The molecule has 0 spiro atoms. The van der Waals surface area contributed by atoms with Crippen molar-refractivity contribution in [1.29, 1.82) is 0 Å². The molecule has 0 amide bonds. The normalized spacial score (nSPS) is 27.1. The van der Waals surface area contributed by atoms with Gasteiger partial charge in [0.2, 0.25) is 0 Å². The Morgan fingerprint density at radius 3 is 2.00 bits per heavy atom. The fourth-order valence-electron chi connectivity index (χ4n) is 3.99. The first-order chi connectivity index (χ1) is 9.87. The van der Waals surface area contributed by atoms with Gasteiger partial charge in [-0.1, -0.05) is 13.8 Å². The van der Waals surface area contributed by atoms with Gasteiger partial charge in [0.05, 0.1) is 0 Å². The van der Waals surface area contributed by atoms with E-state index in [-0.39, 0.29) is 0 Å². The van der Waals surface area contributed by atoms with Gasteiger partial charge in [0.25, 0.3) is 0 Å². The van der Waals surface area contributed by atoms with Gasteiger partial charge in [-0.15, -0.1) is 0 Å². The molecule has 2 aliphatic heterocycles. The average Bonchev–Trinajstić information content (AvgIpc) is 2.45. The second kappa shape index (κ2) is 7.46. The van der Waals surface area contributed by atoms with E-state index < -0.39 is 0 Å². The third-order valence-electron chi connectivity index (χ3n) is 6.15. The molecule has 0 radical (unpaired) electrons. The maximum Gasteiger partial charge on any atom is 0.00670 e. The van der Waals surface area contributed by atoms with Crippen LogP contribution in [-0.4, -0.2) is 48.1 Å². The maximum atomic E-state index is 2.74. The van der Waals surface area contributed by atoms with Crippen LogP contribution in [0.5, 0.6) is 0 Å². The quantitative estimate of drug-likeness (QED) is 0.741. The van der Waals surface area contributed by atoms with Gasteiger partial charge < -0.3 is 9.80 Å². The predicted molar refractivity (Wildman–Crippen MR) is 92.7 cm³/mol. The Morgan fingerprint density at radius 1 is 0.905 bits per heavy atom. The molecule has 2 heterocycles. The van der Waals surface area contributed by atoms with Crippen LogP contribution in [0.2, 0.25) is 0 Å². The molecule has 0 aromatic heterocycles. The smallest absolute Gasteiger partial charge is 0.00670 e. The highest BCUT2D eigenvalue weighted by Gasteiger charge is 2.28. The summed E-state index contributed by atoms with van der Waals surface area (Å²) >= 11 is 0. The monoisotopic (exact) mass is 294 g/mol. The molecule has 0 N–H and O–H groups in total. The maximum absolute atomic E-state index is 2.74. The van der Waals surface area contributed by atoms with Gasteiger partial charge in [0.1, 0.15) is 0 Å². The number of hydrogen-bond acceptors (Lipinski definition) is 2. The van der Waals surface area contributed by atoms with E-state index in [4.69, 9.17) is 0 Å². The van der Waals surface area contributed by atoms with Crippen LogP contribution in [-0.2, 0) is 0 Å². The Hall–Kier alpha value is -0.0800. The summed E-state index contributed by atoms with van der Waals surface area (Å²) in [4.78, 5) is 5.39. The number of nitrogens with zero attached hydrogens (tertiary/aromatic N) is 2. The largest absolute Gasteiger partial charge is 0.301 e. The van der Waals surface area contributed by atoms with Crippen LogP contribution < -0.4 is 0 Å². The topological polar surface area (TPSA) is 6.48 Å². The highest BCUT2D eigenvalue weighted by Crippen LogP contribution is 2.32. The molecule has 2 aliphatic rings. The van der Waals surface area contributed by atoms with Gasteiger partial charge >= 0.3 is 0 Å². The van der Waals surface area contributed by atoms with Crippen molar-refractivity contribution in [1.82, 2.24) is 9.80 Å². The molecule has 0 aliphatic carbocycles. The summed E-state index contributed by atoms with van der Waals surface area (Å²) in [7, 11) is 0. The molecular formula is C19H38N2. The Labute approximate surface area is 133 Å². The van der Waals surface area contributed by atoms with Crippen molar-refractivity contribution in [2.75, 3.05) is 26.2 Å². The molecule has 1 atom stereocenters. The summed E-state index contributed by atoms with van der Waals surface area (Å²) in [5, 5.41) is 0. The Morgan fingerprint density at radius 2 is 1.48 bits per heavy atom. The van der Waals surface area contributed by atoms with Gasteiger partial charge in [-0.25, -0.2) is 0 Å². The molecule has 124 valence electrons. The van der Waals surface area contributed by atoms with Crippen molar-refractivity contribution in [3.8, 4) is 0 Å². The van der Waals surface area contributed by atoms with Gasteiger partial charge in [0, 0.05) is 12.1 Å². The van der Waals surface area contributed by atoms with E-state index in [1.54, 1.807) is 0 Å². The molecule has 0 saturated carbocycles. The standard InChI is InChI=1S/C19H38N2/c1-16(2)20-12-8-18(9-13-20)7-6-17(3)21-14-10-19(4,5)11-15-21/h16-18H,6-15H2,1-5H3. The number of likely N-dealkylation sites (tertiary alicyclic amines) is 2. The fourth-order valence-corrected chi connectivity index (χ4v) is 3.99. The van der Waals surface area contributed by atoms with Crippen molar-refractivity contribution in [2.24, 2.45) is 11.3 Å². The van der Waals surface area contributed by atoms with Crippen molar-refractivity contribution in [2.45, 2.75) is 85.2 Å². The molecule has 0 bridgehead atoms. The Balaban J connectivity index is 1.65. The lowest BCUT2D eigenvalue weighted by Crippen LogP contribution is -2.43. The molecule has 21 heavy (non-hydrogen) atoms. The number of piperidine rings is 2. The average molecular weight is 295 g/mol. The summed E-state index contributed by atoms with van der Waals surface area (Å²) in [5.74, 6) is 0.990. The van der Waals surface area contributed by atoms with Crippen LogP contribution >= 0.6 is 0 Å². The van der Waals surface area contributed by atoms with Crippen molar-refractivity contribution in [3.63, 3.8) is 0 Å². The fraction of sp³-hybridized carbons (Fsp3) is 1.00. The van der Waals surface area contributed by atoms with Crippen LogP contribution in [0.4, 0.5) is 0 Å². The van der Waals surface area contributed by atoms with Crippen LogP contribution in [0.3, 0.4) is 0 Å². The first kappa shape index (κ1) is 17.3. The predicted octanol–water partition coefficient (Wildman–Crippen LogP) is 4.40. The minimum absolute atomic E-state index is 0.583. The SMILES string of the molecule is CC(C)N1CCC(CCC(C)N2CCC(C)(C)CC2)CC1. The summed E-state index contributed by atoms with van der Waals surface area (Å²) in [6.07, 6.45) is 8.48. The highest BCUT2D eigenvalue weighted by atomic mass is 15.2. The van der Waals surface area contributed by atoms with Crippen molar-refractivity contribution >= 4 is 0 Å². The van der Waals surface area contributed by atoms with Crippen LogP contribution in [0, 0.1) is 11.3 Å². The first-order valence-corrected chi connectivity index (χ1v) is 9.35. The molecule has 2 rings (SSSR count). The molecule has 2 saturated heterocycles. The summed E-state index contributed by atoms with van der Waals surface area (Å²) < 4.78 is 0. The van der Waals surface area contributed by atoms with Gasteiger partial charge in [-0.2, -0.15) is 0 Å². The molecule has 2 nitrogen and oxygen atoms in total. The molecule has 2 heteroatoms. The molecule has 1 unspecified atom stereocenters. The second-order valence-electron chi connectivity index (χ2n) is 8.70. The van der Waals surface area contributed by atoms with E-state index >= 15 is 0 Å². The molecular weight excluding hydrogens is 256 g/mol. The van der Waals surface area contributed by atoms with E-state index in [0.29, 0.717) is 5.41 Å². The van der Waals surface area contributed by atoms with Gasteiger partial charge in [-0.3, -0.25) is 0 Å². The summed E-state index contributed by atoms with van der Waals surface area (Å²) in [5.41, 5.74) is 0.583. The van der Waals surface area contributed by atoms with Crippen molar-refractivity contribution in [3.05, 3.63) is 0 Å². The van der Waals surface area contributed by atoms with Crippen LogP contribution in [0.25, 0.3) is 0 Å². The number of rotatable bonds is 5. The third kappa shape index (κ3) is 5.25. The highest BCUT2D eigenvalue weighted by molar-refractivity contribution is 4.82. The zero-order valence-electron chi connectivity index (χ0n) is 15.2. The second-order valence-corrected chi connectivity index (χ2v) is 8.70. The molecule has 2 fully saturated rings.